The predicted octanol–water partition coefficient (Wildman–Crippen LogP) is 3.60. The lowest BCUT2D eigenvalue weighted by molar-refractivity contribution is -0.128. The molecule has 7 heteroatoms. The summed E-state index contributed by atoms with van der Waals surface area (Å²) in [6.45, 7) is 7.96. The van der Waals surface area contributed by atoms with Crippen molar-refractivity contribution in [1.82, 2.24) is 14.7 Å². The van der Waals surface area contributed by atoms with E-state index in [2.05, 4.69) is 24.1 Å². The normalized spacial score (nSPS) is 19.1. The van der Waals surface area contributed by atoms with E-state index in [1.807, 2.05) is 54.0 Å². The van der Waals surface area contributed by atoms with Gasteiger partial charge in [-0.2, -0.15) is 0 Å². The van der Waals surface area contributed by atoms with E-state index in [0.717, 1.165) is 25.3 Å². The first-order chi connectivity index (χ1) is 16.4. The summed E-state index contributed by atoms with van der Waals surface area (Å²) in [5.74, 6) is 1.72. The minimum Gasteiger partial charge on any atom is -0.492 e. The van der Waals surface area contributed by atoms with Gasteiger partial charge in [0.2, 0.25) is 5.91 Å². The summed E-state index contributed by atoms with van der Waals surface area (Å²) < 4.78 is 11.6. The second kappa shape index (κ2) is 10.9. The molecule has 7 nitrogen and oxygen atoms in total. The second-order valence-electron chi connectivity index (χ2n) is 9.34. The average molecular weight is 466 g/mol. The zero-order valence-corrected chi connectivity index (χ0v) is 20.4. The van der Waals surface area contributed by atoms with Crippen molar-refractivity contribution < 1.29 is 19.1 Å². The van der Waals surface area contributed by atoms with Gasteiger partial charge in [-0.05, 0) is 63.2 Å². The number of piperazine rings is 1. The maximum absolute atomic E-state index is 13.3. The van der Waals surface area contributed by atoms with Crippen LogP contribution in [0.2, 0.25) is 0 Å². The first kappa shape index (κ1) is 24.1. The molecule has 2 fully saturated rings. The monoisotopic (exact) mass is 465 g/mol. The van der Waals surface area contributed by atoms with Gasteiger partial charge in [-0.15, -0.1) is 0 Å². The number of benzene rings is 2. The highest BCUT2D eigenvalue weighted by molar-refractivity contribution is 5.94. The summed E-state index contributed by atoms with van der Waals surface area (Å²) >= 11 is 0. The van der Waals surface area contributed by atoms with Gasteiger partial charge in [0.1, 0.15) is 18.1 Å². The first-order valence-corrected chi connectivity index (χ1v) is 12.2. The van der Waals surface area contributed by atoms with E-state index in [1.54, 1.807) is 6.07 Å². The number of hydrogen-bond donors (Lipinski definition) is 0. The van der Waals surface area contributed by atoms with Gasteiger partial charge in [0.15, 0.2) is 0 Å². The van der Waals surface area contributed by atoms with Crippen LogP contribution in [-0.4, -0.2) is 79.0 Å². The van der Waals surface area contributed by atoms with E-state index in [-0.39, 0.29) is 24.0 Å². The maximum atomic E-state index is 13.3. The number of carbonyl (C=O) groups is 2. The summed E-state index contributed by atoms with van der Waals surface area (Å²) in [6.07, 6.45) is 1.69. The summed E-state index contributed by atoms with van der Waals surface area (Å²) in [4.78, 5) is 31.1. The number of hydrogen-bond acceptors (Lipinski definition) is 5. The quantitative estimate of drug-likeness (QED) is 0.596. The molecule has 2 aromatic carbocycles. The number of carbonyl (C=O) groups excluding carboxylic acids is 2. The number of rotatable bonds is 8. The highest BCUT2D eigenvalue weighted by atomic mass is 16.5. The second-order valence-corrected chi connectivity index (χ2v) is 9.34. The van der Waals surface area contributed by atoms with Crippen LogP contribution in [0.1, 0.15) is 48.7 Å². The zero-order valence-electron chi connectivity index (χ0n) is 20.4. The molecule has 2 aliphatic heterocycles. The van der Waals surface area contributed by atoms with E-state index in [4.69, 9.17) is 9.47 Å². The van der Waals surface area contributed by atoms with E-state index in [1.165, 1.54) is 5.56 Å². The largest absolute Gasteiger partial charge is 0.492 e. The molecule has 0 aliphatic carbocycles. The third kappa shape index (κ3) is 5.89. The van der Waals surface area contributed by atoms with Gasteiger partial charge in [-0.1, -0.05) is 18.2 Å². The number of likely N-dealkylation sites (N-methyl/N-ethyl adjacent to an activating group) is 1. The van der Waals surface area contributed by atoms with Crippen molar-refractivity contribution in [2.24, 2.45) is 0 Å². The van der Waals surface area contributed by atoms with Crippen molar-refractivity contribution in [3.63, 3.8) is 0 Å². The smallest absolute Gasteiger partial charge is 0.254 e. The molecule has 0 radical (unpaired) electrons. The summed E-state index contributed by atoms with van der Waals surface area (Å²) in [5.41, 5.74) is 1.79. The van der Waals surface area contributed by atoms with E-state index < -0.39 is 0 Å². The van der Waals surface area contributed by atoms with Crippen LogP contribution in [-0.2, 0) is 4.79 Å². The van der Waals surface area contributed by atoms with Gasteiger partial charge in [-0.25, -0.2) is 0 Å². The van der Waals surface area contributed by atoms with Gasteiger partial charge in [0.25, 0.3) is 5.91 Å². The summed E-state index contributed by atoms with van der Waals surface area (Å²) in [6, 6.07) is 15.7. The molecule has 2 amide bonds. The van der Waals surface area contributed by atoms with Crippen molar-refractivity contribution in [2.75, 3.05) is 46.4 Å². The summed E-state index contributed by atoms with van der Waals surface area (Å²) in [7, 11) is 2.10. The van der Waals surface area contributed by atoms with E-state index in [0.29, 0.717) is 44.0 Å². The number of amides is 2. The molecule has 2 aliphatic rings. The molecule has 0 N–H and O–H groups in total. The average Bonchev–Trinajstić information content (AvgIpc) is 3.24. The van der Waals surface area contributed by atoms with Crippen LogP contribution in [0.4, 0.5) is 0 Å². The number of ether oxygens (including phenoxy) is 2. The van der Waals surface area contributed by atoms with Crippen molar-refractivity contribution >= 4 is 11.8 Å². The van der Waals surface area contributed by atoms with Crippen molar-refractivity contribution in [3.05, 3.63) is 59.7 Å². The molecule has 0 unspecified atom stereocenters. The predicted molar refractivity (Wildman–Crippen MR) is 131 cm³/mol. The molecule has 34 heavy (non-hydrogen) atoms. The Labute approximate surface area is 202 Å². The Morgan fingerprint density at radius 2 is 1.85 bits per heavy atom. The van der Waals surface area contributed by atoms with Gasteiger partial charge in [0.05, 0.1) is 18.7 Å². The molecular formula is C27H35N3O4. The molecular weight excluding hydrogens is 430 g/mol. The molecule has 1 atom stereocenters. The fourth-order valence-corrected chi connectivity index (χ4v) is 4.57. The Morgan fingerprint density at radius 3 is 2.56 bits per heavy atom. The molecule has 2 saturated heterocycles. The Kier molecular flexibility index (Phi) is 7.73. The molecule has 2 heterocycles. The van der Waals surface area contributed by atoms with Gasteiger partial charge >= 0.3 is 0 Å². The van der Waals surface area contributed by atoms with Crippen LogP contribution in [0.15, 0.2) is 48.5 Å². The lowest BCUT2D eigenvalue weighted by Crippen LogP contribution is -2.49. The molecule has 0 saturated carbocycles. The number of likely N-dealkylation sites (tertiary alicyclic amines) is 1. The third-order valence-electron chi connectivity index (χ3n) is 6.45. The van der Waals surface area contributed by atoms with Crippen molar-refractivity contribution in [3.8, 4) is 11.5 Å². The first-order valence-electron chi connectivity index (χ1n) is 12.2. The molecule has 182 valence electrons. The maximum Gasteiger partial charge on any atom is 0.254 e. The Morgan fingerprint density at radius 1 is 1.06 bits per heavy atom. The fourth-order valence-electron chi connectivity index (χ4n) is 4.57. The van der Waals surface area contributed by atoms with E-state index in [9.17, 15) is 9.59 Å². The van der Waals surface area contributed by atoms with Gasteiger partial charge in [0, 0.05) is 38.2 Å². The van der Waals surface area contributed by atoms with Crippen molar-refractivity contribution in [1.29, 1.82) is 0 Å². The molecule has 4 rings (SSSR count). The van der Waals surface area contributed by atoms with Crippen LogP contribution >= 0.6 is 0 Å². The van der Waals surface area contributed by atoms with Crippen LogP contribution in [0.3, 0.4) is 0 Å². The van der Waals surface area contributed by atoms with E-state index >= 15 is 0 Å². The molecule has 0 aromatic heterocycles. The fraction of sp³-hybridized carbons (Fsp3) is 0.481. The lowest BCUT2D eigenvalue weighted by atomic mass is 10.0. The van der Waals surface area contributed by atoms with Crippen LogP contribution in [0.5, 0.6) is 11.5 Å². The highest BCUT2D eigenvalue weighted by Gasteiger charge is 2.29. The molecule has 0 spiro atoms. The Bertz CT molecular complexity index is 992. The topological polar surface area (TPSA) is 62.3 Å². The van der Waals surface area contributed by atoms with Gasteiger partial charge < -0.3 is 19.3 Å². The zero-order chi connectivity index (χ0) is 24.1. The minimum absolute atomic E-state index is 0.0121. The minimum atomic E-state index is 0.0121. The third-order valence-corrected chi connectivity index (χ3v) is 6.45. The SMILES string of the molecule is CC(C)Oc1ccc([C@H]2CN(C(=O)c3cccc(OCCN4CCCC4=O)c3)CCN2C)cc1. The molecule has 2 aromatic rings. The highest BCUT2D eigenvalue weighted by Crippen LogP contribution is 2.27. The number of nitrogens with zero attached hydrogens (tertiary/aromatic N) is 3. The lowest BCUT2D eigenvalue weighted by Gasteiger charge is -2.39. The van der Waals surface area contributed by atoms with Crippen LogP contribution in [0.25, 0.3) is 0 Å². The Hall–Kier alpha value is -3.06. The standard InChI is InChI=1S/C27H35N3O4/c1-20(2)34-23-11-9-21(10-12-23)25-19-30(15-14-28(25)3)27(32)22-6-4-7-24(18-22)33-17-16-29-13-5-8-26(29)31/h4,6-7,9-12,18,20,25H,5,8,13-17,19H2,1-3H3/t25-/m1/s1. The van der Waals surface area contributed by atoms with Crippen LogP contribution < -0.4 is 9.47 Å². The Balaban J connectivity index is 1.37. The van der Waals surface area contributed by atoms with Crippen molar-refractivity contribution in [2.45, 2.75) is 38.8 Å². The van der Waals surface area contributed by atoms with Crippen LogP contribution in [0, 0.1) is 0 Å². The van der Waals surface area contributed by atoms with Gasteiger partial charge in [-0.3, -0.25) is 14.5 Å². The summed E-state index contributed by atoms with van der Waals surface area (Å²) in [5, 5.41) is 0. The molecule has 0 bridgehead atoms.